The first-order valence-corrected chi connectivity index (χ1v) is 16.3. The highest BCUT2D eigenvalue weighted by Crippen LogP contribution is 2.61. The Hall–Kier alpha value is -3.22. The lowest BCUT2D eigenvalue weighted by atomic mass is 9.70. The third kappa shape index (κ3) is 6.55. The first-order valence-electron chi connectivity index (χ1n) is 15.3. The number of benzene rings is 1. The van der Waals surface area contributed by atoms with Gasteiger partial charge in [-0.3, -0.25) is 19.2 Å². The highest BCUT2D eigenvalue weighted by Gasteiger charge is 2.77. The first kappa shape index (κ1) is 34.6. The minimum Gasteiger partial charge on any atom is -0.497 e. The van der Waals surface area contributed by atoms with Crippen LogP contribution in [0.4, 0.5) is 5.69 Å². The molecule has 0 radical (unpaired) electrons. The Bertz CT molecular complexity index is 1290. The molecular formula is C33H44BrN3O8. The number of likely N-dealkylation sites (tertiary alicyclic amines) is 1. The van der Waals surface area contributed by atoms with E-state index in [-0.39, 0.29) is 42.8 Å². The maximum Gasteiger partial charge on any atom is 0.312 e. The van der Waals surface area contributed by atoms with E-state index in [0.717, 1.165) is 0 Å². The summed E-state index contributed by atoms with van der Waals surface area (Å²) in [5.41, 5.74) is -0.770. The van der Waals surface area contributed by atoms with Gasteiger partial charge in [-0.1, -0.05) is 41.9 Å². The van der Waals surface area contributed by atoms with Crippen LogP contribution in [0.15, 0.2) is 49.6 Å². The second kappa shape index (κ2) is 14.5. The fourth-order valence-corrected chi connectivity index (χ4v) is 7.80. The van der Waals surface area contributed by atoms with Crippen molar-refractivity contribution in [3.05, 3.63) is 49.6 Å². The number of methoxy groups -OCH3 is 1. The number of hydrogen-bond acceptors (Lipinski definition) is 8. The zero-order valence-corrected chi connectivity index (χ0v) is 27.9. The van der Waals surface area contributed by atoms with Gasteiger partial charge in [0.2, 0.25) is 11.8 Å². The molecule has 0 aromatic heterocycles. The second-order valence-corrected chi connectivity index (χ2v) is 13.4. The third-order valence-electron chi connectivity index (χ3n) is 8.99. The van der Waals surface area contributed by atoms with E-state index in [1.54, 1.807) is 50.5 Å². The summed E-state index contributed by atoms with van der Waals surface area (Å²) in [5, 5.41) is 13.2. The number of amides is 3. The topological polar surface area (TPSA) is 135 Å². The van der Waals surface area contributed by atoms with Crippen LogP contribution in [0.2, 0.25) is 0 Å². The Labute approximate surface area is 273 Å². The fourth-order valence-electron chi connectivity index (χ4n) is 6.85. The molecule has 1 aromatic carbocycles. The van der Waals surface area contributed by atoms with Gasteiger partial charge in [0.05, 0.1) is 44.2 Å². The van der Waals surface area contributed by atoms with Gasteiger partial charge in [-0.15, -0.1) is 13.2 Å². The molecule has 8 atom stereocenters. The fraction of sp³-hybridized carbons (Fsp3) is 0.576. The quantitative estimate of drug-likeness (QED) is 0.163. The van der Waals surface area contributed by atoms with Crippen molar-refractivity contribution in [2.24, 2.45) is 17.8 Å². The molecule has 3 saturated heterocycles. The minimum absolute atomic E-state index is 0.104. The highest BCUT2D eigenvalue weighted by molar-refractivity contribution is 9.09. The molecule has 3 heterocycles. The van der Waals surface area contributed by atoms with E-state index in [1.807, 2.05) is 13.8 Å². The minimum atomic E-state index is -1.34. The summed E-state index contributed by atoms with van der Waals surface area (Å²) in [6.07, 6.45) is 2.99. The number of aliphatic hydroxyl groups excluding tert-OH is 1. The Morgan fingerprint density at radius 2 is 1.91 bits per heavy atom. The zero-order chi connectivity index (χ0) is 33.1. The number of halogens is 1. The molecule has 2 N–H and O–H groups in total. The van der Waals surface area contributed by atoms with Crippen LogP contribution in [0, 0.1) is 17.8 Å². The molecular weight excluding hydrogens is 646 g/mol. The molecule has 45 heavy (non-hydrogen) atoms. The van der Waals surface area contributed by atoms with E-state index in [9.17, 15) is 24.3 Å². The van der Waals surface area contributed by atoms with Crippen molar-refractivity contribution in [1.82, 2.24) is 10.2 Å². The number of aliphatic hydroxyl groups is 1. The van der Waals surface area contributed by atoms with Crippen molar-refractivity contribution in [2.75, 3.05) is 31.7 Å². The van der Waals surface area contributed by atoms with Crippen LogP contribution in [0.5, 0.6) is 5.75 Å². The summed E-state index contributed by atoms with van der Waals surface area (Å²) in [6.45, 7) is 12.7. The number of nitrogens with zero attached hydrogens (tertiary/aromatic N) is 2. The van der Waals surface area contributed by atoms with Crippen LogP contribution >= 0.6 is 15.9 Å². The van der Waals surface area contributed by atoms with Gasteiger partial charge in [0.1, 0.15) is 23.5 Å². The largest absolute Gasteiger partial charge is 0.497 e. The number of esters is 1. The van der Waals surface area contributed by atoms with E-state index in [1.165, 1.54) is 9.80 Å². The van der Waals surface area contributed by atoms with Crippen LogP contribution in [0.1, 0.15) is 40.0 Å². The molecule has 0 aliphatic carbocycles. The maximum absolute atomic E-state index is 14.7. The van der Waals surface area contributed by atoms with E-state index in [4.69, 9.17) is 14.2 Å². The normalized spacial score (nSPS) is 27.9. The van der Waals surface area contributed by atoms with Crippen molar-refractivity contribution in [3.8, 4) is 5.75 Å². The Morgan fingerprint density at radius 3 is 2.49 bits per heavy atom. The Morgan fingerprint density at radius 1 is 1.22 bits per heavy atom. The summed E-state index contributed by atoms with van der Waals surface area (Å²) in [5.74, 6) is -3.22. The van der Waals surface area contributed by atoms with Crippen LogP contribution in [0.3, 0.4) is 0 Å². The molecule has 3 aliphatic heterocycles. The van der Waals surface area contributed by atoms with Crippen molar-refractivity contribution < 1.29 is 38.5 Å². The SMILES string of the molecule is C=CCCC(=O)NC[C@H](C)OC(=O)[C@@H]1[C@H]2O[C@@]3(CC2Br)[C@H](C(=O)N(CC=C)c2ccc(OC)cc2)N([C@@H](CO)C(C)C)C(=O)[C@@H]13. The standard InChI is InChI=1S/C33H44BrN3O8/c1-7-9-10-25(39)35-17-20(5)44-32(42)26-27-30(40)37(24(18-38)19(3)4)29(33(27)16-23(34)28(26)45-33)31(41)36(15-8-2)21-11-13-22(43-6)14-12-21/h7-8,11-14,19-20,23-24,26-29,38H,1-2,9-10,15-18H2,3-6H3,(H,35,39)/t20-,23?,24-,26-,27+,28-,29-,33+/m0/s1. The van der Waals surface area contributed by atoms with Crippen LogP contribution < -0.4 is 15.0 Å². The lowest BCUT2D eigenvalue weighted by Gasteiger charge is -2.40. The summed E-state index contributed by atoms with van der Waals surface area (Å²) in [7, 11) is 1.55. The third-order valence-corrected chi connectivity index (χ3v) is 9.83. The van der Waals surface area contributed by atoms with Crippen molar-refractivity contribution >= 4 is 45.3 Å². The molecule has 3 fully saturated rings. The van der Waals surface area contributed by atoms with Gasteiger partial charge < -0.3 is 34.4 Å². The van der Waals surface area contributed by atoms with E-state index in [0.29, 0.717) is 24.3 Å². The van der Waals surface area contributed by atoms with Gasteiger partial charge in [0.15, 0.2) is 0 Å². The number of fused-ring (bicyclic) bond motifs is 1. The van der Waals surface area contributed by atoms with Crippen molar-refractivity contribution in [1.29, 1.82) is 0 Å². The van der Waals surface area contributed by atoms with Gasteiger partial charge >= 0.3 is 5.97 Å². The Balaban J connectivity index is 1.69. The molecule has 3 aliphatic rings. The lowest BCUT2D eigenvalue weighted by molar-refractivity contribution is -0.159. The van der Waals surface area contributed by atoms with Crippen LogP contribution in [0.25, 0.3) is 0 Å². The van der Waals surface area contributed by atoms with Gasteiger partial charge in [-0.2, -0.15) is 0 Å². The molecule has 3 amide bonds. The molecule has 1 unspecified atom stereocenters. The molecule has 1 aromatic rings. The molecule has 246 valence electrons. The lowest BCUT2D eigenvalue weighted by Crippen LogP contribution is -2.60. The molecule has 12 heteroatoms. The first-order chi connectivity index (χ1) is 21.4. The Kier molecular flexibility index (Phi) is 11.1. The summed E-state index contributed by atoms with van der Waals surface area (Å²) >= 11 is 3.67. The van der Waals surface area contributed by atoms with Crippen molar-refractivity contribution in [2.45, 2.75) is 74.8 Å². The molecule has 0 saturated carbocycles. The van der Waals surface area contributed by atoms with Crippen LogP contribution in [-0.4, -0.2) is 95.2 Å². The number of alkyl halides is 1. The predicted octanol–water partition coefficient (Wildman–Crippen LogP) is 2.99. The smallest absolute Gasteiger partial charge is 0.312 e. The van der Waals surface area contributed by atoms with Crippen molar-refractivity contribution in [3.63, 3.8) is 0 Å². The summed E-state index contributed by atoms with van der Waals surface area (Å²) in [6, 6.07) is 5.15. The second-order valence-electron chi connectivity index (χ2n) is 12.2. The van der Waals surface area contributed by atoms with Gasteiger partial charge in [0.25, 0.3) is 5.91 Å². The number of allylic oxidation sites excluding steroid dienone is 1. The van der Waals surface area contributed by atoms with E-state index >= 15 is 0 Å². The van der Waals surface area contributed by atoms with Crippen LogP contribution in [-0.2, 0) is 28.7 Å². The molecule has 4 rings (SSSR count). The van der Waals surface area contributed by atoms with E-state index < -0.39 is 59.5 Å². The number of carbonyl (C=O) groups is 4. The number of anilines is 1. The maximum atomic E-state index is 14.7. The van der Waals surface area contributed by atoms with Gasteiger partial charge in [-0.25, -0.2) is 0 Å². The summed E-state index contributed by atoms with van der Waals surface area (Å²) < 4.78 is 17.7. The number of ether oxygens (including phenoxy) is 3. The predicted molar refractivity (Wildman–Crippen MR) is 172 cm³/mol. The number of nitrogens with one attached hydrogen (secondary N) is 1. The number of carbonyl (C=O) groups excluding carboxylic acids is 4. The highest BCUT2D eigenvalue weighted by atomic mass is 79.9. The molecule has 2 bridgehead atoms. The van der Waals surface area contributed by atoms with Gasteiger partial charge in [0, 0.05) is 23.5 Å². The average Bonchev–Trinajstić information content (AvgIpc) is 3.61. The monoisotopic (exact) mass is 689 g/mol. The molecule has 1 spiro atoms. The summed E-state index contributed by atoms with van der Waals surface area (Å²) in [4.78, 5) is 57.7. The average molecular weight is 691 g/mol. The number of rotatable bonds is 15. The number of hydrogen-bond donors (Lipinski definition) is 2. The zero-order valence-electron chi connectivity index (χ0n) is 26.3. The van der Waals surface area contributed by atoms with E-state index in [2.05, 4.69) is 34.4 Å². The van der Waals surface area contributed by atoms with Gasteiger partial charge in [-0.05, 0) is 49.9 Å². The molecule has 11 nitrogen and oxygen atoms in total.